The predicted molar refractivity (Wildman–Crippen MR) is 175 cm³/mol. The number of morpholine rings is 1. The van der Waals surface area contributed by atoms with Gasteiger partial charge in [0, 0.05) is 58.2 Å². The summed E-state index contributed by atoms with van der Waals surface area (Å²) >= 11 is 0. The molecular weight excluding hydrogens is 661 g/mol. The summed E-state index contributed by atoms with van der Waals surface area (Å²) < 4.78 is 54.4. The van der Waals surface area contributed by atoms with Crippen LogP contribution in [0.5, 0.6) is 0 Å². The van der Waals surface area contributed by atoms with E-state index in [0.717, 1.165) is 24.9 Å². The smallest absolute Gasteiger partial charge is 0.417 e. The van der Waals surface area contributed by atoms with E-state index in [1.54, 1.807) is 29.3 Å². The second-order valence-corrected chi connectivity index (χ2v) is 11.4. The van der Waals surface area contributed by atoms with E-state index in [9.17, 15) is 27.6 Å². The van der Waals surface area contributed by atoms with Gasteiger partial charge in [-0.05, 0) is 35.9 Å². The first kappa shape index (κ1) is 34.3. The van der Waals surface area contributed by atoms with Crippen LogP contribution in [0.25, 0.3) is 16.9 Å². The lowest BCUT2D eigenvalue weighted by Crippen LogP contribution is -2.48. The van der Waals surface area contributed by atoms with Crippen molar-refractivity contribution < 1.29 is 37.0 Å². The highest BCUT2D eigenvalue weighted by atomic mass is 19.4. The Kier molecular flexibility index (Phi) is 9.91. The van der Waals surface area contributed by atoms with Crippen LogP contribution in [-0.4, -0.2) is 112 Å². The van der Waals surface area contributed by atoms with Crippen molar-refractivity contribution in [1.82, 2.24) is 34.4 Å². The summed E-state index contributed by atoms with van der Waals surface area (Å²) in [6.07, 6.45) is -1.92. The summed E-state index contributed by atoms with van der Waals surface area (Å²) in [4.78, 5) is 55.1. The lowest BCUT2D eigenvalue weighted by molar-refractivity contribution is -0.137. The average Bonchev–Trinajstić information content (AvgIpc) is 3.53. The number of halogens is 3. The van der Waals surface area contributed by atoms with Crippen molar-refractivity contribution in [3.8, 4) is 11.4 Å². The topological polar surface area (TPSA) is 159 Å². The summed E-state index contributed by atoms with van der Waals surface area (Å²) in [5, 5.41) is 9.19. The molecule has 0 radical (unpaired) electrons. The van der Waals surface area contributed by atoms with Gasteiger partial charge in [0.1, 0.15) is 22.8 Å². The molecule has 0 saturated carbocycles. The van der Waals surface area contributed by atoms with Gasteiger partial charge in [0.2, 0.25) is 5.91 Å². The predicted octanol–water partition coefficient (Wildman–Crippen LogP) is 3.30. The standard InChI is InChI=1S/C32H33F3N10O5/c1-3-27(46)38-25-6-4-5-23(37-25)30(47)44-9-7-42(8-10-44)18-20-15-24-29(43-11-13-50-14-12-43)40-28(41-45(24)19-20)21-17-36-26(39-31(48)49-2)16-22(21)32(33,34)35/h3-6,15-17,19H,1,7-14,18H2,2H3,(H,36,39,48)(H,37,38,46). The fourth-order valence-corrected chi connectivity index (χ4v) is 5.67. The Morgan fingerprint density at radius 3 is 2.48 bits per heavy atom. The zero-order valence-electron chi connectivity index (χ0n) is 26.9. The Bertz CT molecular complexity index is 1920. The molecule has 0 aliphatic carbocycles. The third kappa shape index (κ3) is 7.65. The number of nitrogens with zero attached hydrogens (tertiary/aromatic N) is 8. The number of fused-ring (bicyclic) bond motifs is 1. The van der Waals surface area contributed by atoms with E-state index in [0.29, 0.717) is 76.4 Å². The molecule has 2 saturated heterocycles. The number of ether oxygens (including phenoxy) is 2. The van der Waals surface area contributed by atoms with Crippen LogP contribution in [0.4, 0.5) is 35.4 Å². The zero-order chi connectivity index (χ0) is 35.4. The van der Waals surface area contributed by atoms with Gasteiger partial charge in [-0.15, -0.1) is 5.10 Å². The van der Waals surface area contributed by atoms with Gasteiger partial charge in [-0.1, -0.05) is 12.6 Å². The number of pyridine rings is 2. The van der Waals surface area contributed by atoms with Gasteiger partial charge in [-0.3, -0.25) is 19.8 Å². The van der Waals surface area contributed by atoms with Crippen molar-refractivity contribution in [2.75, 3.05) is 75.1 Å². The highest BCUT2D eigenvalue weighted by molar-refractivity contribution is 5.99. The molecule has 18 heteroatoms. The van der Waals surface area contributed by atoms with E-state index < -0.39 is 23.7 Å². The number of alkyl halides is 3. The molecule has 2 fully saturated rings. The van der Waals surface area contributed by atoms with E-state index in [2.05, 4.69) is 46.9 Å². The number of methoxy groups -OCH3 is 1. The molecular formula is C32H33F3N10O5. The van der Waals surface area contributed by atoms with Crippen LogP contribution in [0.2, 0.25) is 0 Å². The number of carbonyl (C=O) groups is 3. The molecule has 4 aromatic heterocycles. The number of hydrogen-bond acceptors (Lipinski definition) is 11. The van der Waals surface area contributed by atoms with Crippen molar-refractivity contribution in [2.45, 2.75) is 12.7 Å². The SMILES string of the molecule is C=CC(=O)Nc1cccc(C(=O)N2CCN(Cc3cc4c(N5CCOCC5)nc(-c5cnc(NC(=O)OC)cc5C(F)(F)F)nn4c3)CC2)n1. The number of anilines is 3. The van der Waals surface area contributed by atoms with E-state index in [1.165, 1.54) is 4.52 Å². The minimum atomic E-state index is -4.81. The number of piperazine rings is 1. The number of hydrogen-bond donors (Lipinski definition) is 2. The molecule has 0 bridgehead atoms. The molecule has 2 aliphatic heterocycles. The minimum absolute atomic E-state index is 0.195. The minimum Gasteiger partial charge on any atom is -0.453 e. The summed E-state index contributed by atoms with van der Waals surface area (Å²) in [5.74, 6) is -0.521. The molecule has 4 aromatic rings. The normalized spacial score (nSPS) is 15.5. The van der Waals surface area contributed by atoms with Gasteiger partial charge in [0.15, 0.2) is 11.6 Å². The van der Waals surface area contributed by atoms with Gasteiger partial charge in [-0.2, -0.15) is 13.2 Å². The first-order valence-corrected chi connectivity index (χ1v) is 15.6. The maximum absolute atomic E-state index is 14.3. The molecule has 262 valence electrons. The van der Waals surface area contributed by atoms with Crippen molar-refractivity contribution in [3.63, 3.8) is 0 Å². The van der Waals surface area contributed by atoms with Gasteiger partial charge in [0.25, 0.3) is 5.91 Å². The van der Waals surface area contributed by atoms with Gasteiger partial charge >= 0.3 is 12.3 Å². The van der Waals surface area contributed by atoms with E-state index in [4.69, 9.17) is 4.74 Å². The fraction of sp³-hybridized carbons (Fsp3) is 0.344. The molecule has 2 aliphatic rings. The highest BCUT2D eigenvalue weighted by Crippen LogP contribution is 2.38. The second-order valence-electron chi connectivity index (χ2n) is 11.4. The van der Waals surface area contributed by atoms with Crippen LogP contribution >= 0.6 is 0 Å². The first-order chi connectivity index (χ1) is 24.0. The Balaban J connectivity index is 1.23. The van der Waals surface area contributed by atoms with Crippen LogP contribution in [0.15, 0.2) is 55.4 Å². The van der Waals surface area contributed by atoms with Gasteiger partial charge < -0.3 is 24.6 Å². The molecule has 6 rings (SSSR count). The van der Waals surface area contributed by atoms with Gasteiger partial charge in [-0.25, -0.2) is 24.3 Å². The summed E-state index contributed by atoms with van der Waals surface area (Å²) in [7, 11) is 1.09. The Hall–Kier alpha value is -5.62. The van der Waals surface area contributed by atoms with Crippen molar-refractivity contribution in [3.05, 3.63) is 72.2 Å². The van der Waals surface area contributed by atoms with E-state index in [1.807, 2.05) is 11.0 Å². The number of nitrogens with one attached hydrogen (secondary N) is 2. The largest absolute Gasteiger partial charge is 0.453 e. The molecule has 0 unspecified atom stereocenters. The maximum Gasteiger partial charge on any atom is 0.417 e. The maximum atomic E-state index is 14.3. The van der Waals surface area contributed by atoms with Gasteiger partial charge in [0.05, 0.1) is 31.5 Å². The quantitative estimate of drug-likeness (QED) is 0.261. The molecule has 0 spiro atoms. The molecule has 2 N–H and O–H groups in total. The Morgan fingerprint density at radius 1 is 1.02 bits per heavy atom. The Morgan fingerprint density at radius 2 is 1.78 bits per heavy atom. The fourth-order valence-electron chi connectivity index (χ4n) is 5.67. The molecule has 0 atom stereocenters. The van der Waals surface area contributed by atoms with E-state index in [-0.39, 0.29) is 34.6 Å². The van der Waals surface area contributed by atoms with E-state index >= 15 is 0 Å². The summed E-state index contributed by atoms with van der Waals surface area (Å²) in [5.41, 5.74) is 0.240. The highest BCUT2D eigenvalue weighted by Gasteiger charge is 2.36. The van der Waals surface area contributed by atoms with Crippen LogP contribution < -0.4 is 15.5 Å². The van der Waals surface area contributed by atoms with Crippen molar-refractivity contribution >= 4 is 40.9 Å². The lowest BCUT2D eigenvalue weighted by atomic mass is 10.1. The zero-order valence-corrected chi connectivity index (χ0v) is 26.9. The molecule has 6 heterocycles. The number of amides is 3. The number of rotatable bonds is 8. The third-order valence-corrected chi connectivity index (χ3v) is 8.15. The second kappa shape index (κ2) is 14.5. The molecule has 3 amide bonds. The van der Waals surface area contributed by atoms with Crippen molar-refractivity contribution in [2.24, 2.45) is 0 Å². The summed E-state index contributed by atoms with van der Waals surface area (Å²) in [6, 6.07) is 7.44. The lowest BCUT2D eigenvalue weighted by Gasteiger charge is -2.34. The summed E-state index contributed by atoms with van der Waals surface area (Å²) in [6.45, 7) is 7.72. The Labute approximate surface area is 283 Å². The average molecular weight is 695 g/mol. The third-order valence-electron chi connectivity index (χ3n) is 8.15. The monoisotopic (exact) mass is 694 g/mol. The first-order valence-electron chi connectivity index (χ1n) is 15.6. The number of carbonyl (C=O) groups excluding carboxylic acids is 3. The molecule has 15 nitrogen and oxygen atoms in total. The van der Waals surface area contributed by atoms with Crippen LogP contribution in [0.1, 0.15) is 21.6 Å². The molecule has 0 aromatic carbocycles. The van der Waals surface area contributed by atoms with Crippen LogP contribution in [0.3, 0.4) is 0 Å². The molecule has 50 heavy (non-hydrogen) atoms. The van der Waals surface area contributed by atoms with Crippen molar-refractivity contribution in [1.29, 1.82) is 0 Å². The van der Waals surface area contributed by atoms with Crippen LogP contribution in [-0.2, 0) is 27.0 Å². The van der Waals surface area contributed by atoms with Crippen LogP contribution in [0, 0.1) is 0 Å². The number of aromatic nitrogens is 5.